The second-order valence-corrected chi connectivity index (χ2v) is 9.52. The molecule has 10 nitrogen and oxygen atoms in total. The van der Waals surface area contributed by atoms with Crippen LogP contribution in [0.4, 0.5) is 17.5 Å². The van der Waals surface area contributed by atoms with E-state index in [1.807, 2.05) is 49.7 Å². The lowest BCUT2D eigenvalue weighted by Crippen LogP contribution is -2.46. The Morgan fingerprint density at radius 1 is 1.12 bits per heavy atom. The zero-order chi connectivity index (χ0) is 23.9. The second kappa shape index (κ2) is 8.51. The van der Waals surface area contributed by atoms with Crippen molar-refractivity contribution in [2.75, 3.05) is 42.9 Å². The third kappa shape index (κ3) is 4.48. The maximum atomic E-state index is 12.1. The van der Waals surface area contributed by atoms with Gasteiger partial charge in [0.25, 0.3) is 5.91 Å². The third-order valence-electron chi connectivity index (χ3n) is 5.90. The number of hydrogen-bond donors (Lipinski definition) is 2. The van der Waals surface area contributed by atoms with Crippen LogP contribution in [0.5, 0.6) is 0 Å². The molecule has 2 aliphatic rings. The number of amides is 1. The fraction of sp³-hybridized carbons (Fsp3) is 0.417. The minimum Gasteiger partial charge on any atom is -0.474 e. The molecule has 0 aliphatic carbocycles. The Morgan fingerprint density at radius 3 is 2.62 bits per heavy atom. The molecule has 0 unspecified atom stereocenters. The molecule has 3 aromatic heterocycles. The SMILES string of the molecule is C=C(OC(C)(C)C)N1CCN(c2ccc(Nc3ncc4cc5n(c4n3)CCNC5=O)nc2)CC1. The molecule has 2 N–H and O–H groups in total. The lowest BCUT2D eigenvalue weighted by molar-refractivity contribution is 0.00166. The summed E-state index contributed by atoms with van der Waals surface area (Å²) in [5.74, 6) is 1.76. The van der Waals surface area contributed by atoms with E-state index in [4.69, 9.17) is 4.74 Å². The first-order chi connectivity index (χ1) is 16.3. The fourth-order valence-corrected chi connectivity index (χ4v) is 4.28. The van der Waals surface area contributed by atoms with Crippen LogP contribution in [0, 0.1) is 0 Å². The molecule has 10 heteroatoms. The van der Waals surface area contributed by atoms with Crippen LogP contribution in [-0.2, 0) is 11.3 Å². The first-order valence-corrected chi connectivity index (χ1v) is 11.5. The van der Waals surface area contributed by atoms with Gasteiger partial charge in [-0.1, -0.05) is 0 Å². The number of fused-ring (bicyclic) bond motifs is 3. The van der Waals surface area contributed by atoms with E-state index in [0.29, 0.717) is 30.5 Å². The Kier molecular flexibility index (Phi) is 5.51. The Labute approximate surface area is 198 Å². The van der Waals surface area contributed by atoms with Crippen LogP contribution < -0.4 is 15.5 Å². The maximum Gasteiger partial charge on any atom is 0.268 e. The van der Waals surface area contributed by atoms with Gasteiger partial charge in [-0.05, 0) is 45.5 Å². The van der Waals surface area contributed by atoms with Crippen molar-refractivity contribution < 1.29 is 9.53 Å². The van der Waals surface area contributed by atoms with E-state index in [9.17, 15) is 4.79 Å². The van der Waals surface area contributed by atoms with E-state index in [2.05, 4.69) is 42.0 Å². The molecule has 1 saturated heterocycles. The minimum absolute atomic E-state index is 0.0807. The lowest BCUT2D eigenvalue weighted by Gasteiger charge is -2.39. The Bertz CT molecular complexity index is 1220. The first-order valence-electron chi connectivity index (χ1n) is 11.5. The average Bonchev–Trinajstić information content (AvgIpc) is 3.18. The number of aromatic nitrogens is 4. The molecule has 1 amide bonds. The van der Waals surface area contributed by atoms with Crippen molar-refractivity contribution in [3.63, 3.8) is 0 Å². The number of ether oxygens (including phenoxy) is 1. The monoisotopic (exact) mass is 462 g/mol. The molecule has 0 atom stereocenters. The predicted molar refractivity (Wildman–Crippen MR) is 131 cm³/mol. The summed E-state index contributed by atoms with van der Waals surface area (Å²) in [4.78, 5) is 30.1. The summed E-state index contributed by atoms with van der Waals surface area (Å²) in [5, 5.41) is 6.87. The third-order valence-corrected chi connectivity index (χ3v) is 5.90. The van der Waals surface area contributed by atoms with E-state index in [-0.39, 0.29) is 11.5 Å². The Balaban J connectivity index is 1.23. The van der Waals surface area contributed by atoms with Crippen LogP contribution in [0.2, 0.25) is 0 Å². The van der Waals surface area contributed by atoms with E-state index < -0.39 is 0 Å². The Morgan fingerprint density at radius 2 is 1.91 bits per heavy atom. The standard InChI is InChI=1S/C24H30N8O2/c1-16(34-24(2,3)4)30-9-11-31(12-10-30)18-5-6-20(26-15-18)28-23-27-14-17-13-19-22(33)25-7-8-32(19)21(17)29-23/h5-6,13-15H,1,7-12H2,2-4H3,(H,25,33)(H,26,27,28,29). The summed E-state index contributed by atoms with van der Waals surface area (Å²) in [5.41, 5.74) is 2.18. The highest BCUT2D eigenvalue weighted by atomic mass is 16.5. The highest BCUT2D eigenvalue weighted by molar-refractivity contribution is 5.98. The zero-order valence-electron chi connectivity index (χ0n) is 19.8. The molecular formula is C24H30N8O2. The molecule has 0 spiro atoms. The van der Waals surface area contributed by atoms with Gasteiger partial charge in [0.1, 0.15) is 22.8 Å². The second-order valence-electron chi connectivity index (χ2n) is 9.52. The smallest absolute Gasteiger partial charge is 0.268 e. The minimum atomic E-state index is -0.245. The summed E-state index contributed by atoms with van der Waals surface area (Å²) in [6, 6.07) is 5.80. The van der Waals surface area contributed by atoms with Crippen molar-refractivity contribution in [2.45, 2.75) is 32.9 Å². The van der Waals surface area contributed by atoms with Crippen molar-refractivity contribution in [1.29, 1.82) is 0 Å². The fourth-order valence-electron chi connectivity index (χ4n) is 4.28. The molecule has 2 aliphatic heterocycles. The van der Waals surface area contributed by atoms with E-state index >= 15 is 0 Å². The number of rotatable bonds is 5. The molecular weight excluding hydrogens is 432 g/mol. The molecule has 5 rings (SSSR count). The lowest BCUT2D eigenvalue weighted by atomic mass is 10.2. The van der Waals surface area contributed by atoms with Gasteiger partial charge in [-0.15, -0.1) is 0 Å². The molecule has 34 heavy (non-hydrogen) atoms. The summed E-state index contributed by atoms with van der Waals surface area (Å²) in [6.45, 7) is 14.9. The normalized spacial score (nSPS) is 16.3. The number of pyridine rings is 1. The topological polar surface area (TPSA) is 100 Å². The molecule has 5 heterocycles. The largest absolute Gasteiger partial charge is 0.474 e. The average molecular weight is 463 g/mol. The first kappa shape index (κ1) is 22.0. The van der Waals surface area contributed by atoms with E-state index in [1.54, 1.807) is 6.20 Å². The molecule has 0 radical (unpaired) electrons. The van der Waals surface area contributed by atoms with Crippen molar-refractivity contribution in [2.24, 2.45) is 0 Å². The maximum absolute atomic E-state index is 12.1. The van der Waals surface area contributed by atoms with Crippen LogP contribution in [0.1, 0.15) is 31.3 Å². The number of piperazine rings is 1. The molecule has 0 bridgehead atoms. The van der Waals surface area contributed by atoms with Crippen molar-refractivity contribution in [3.8, 4) is 0 Å². The van der Waals surface area contributed by atoms with Gasteiger partial charge < -0.3 is 29.7 Å². The van der Waals surface area contributed by atoms with Gasteiger partial charge in [-0.25, -0.2) is 9.97 Å². The van der Waals surface area contributed by atoms with Crippen LogP contribution >= 0.6 is 0 Å². The van der Waals surface area contributed by atoms with Gasteiger partial charge in [0.05, 0.1) is 11.9 Å². The molecule has 3 aromatic rings. The predicted octanol–water partition coefficient (Wildman–Crippen LogP) is 2.72. The zero-order valence-corrected chi connectivity index (χ0v) is 19.8. The molecule has 0 aromatic carbocycles. The highest BCUT2D eigenvalue weighted by Crippen LogP contribution is 2.24. The number of anilines is 3. The van der Waals surface area contributed by atoms with Gasteiger partial charge in [-0.3, -0.25) is 4.79 Å². The van der Waals surface area contributed by atoms with Crippen LogP contribution in [0.15, 0.2) is 43.1 Å². The van der Waals surface area contributed by atoms with Gasteiger partial charge in [0.2, 0.25) is 5.95 Å². The number of hydrogen-bond acceptors (Lipinski definition) is 8. The summed E-state index contributed by atoms with van der Waals surface area (Å²) in [7, 11) is 0. The van der Waals surface area contributed by atoms with E-state index in [0.717, 1.165) is 48.8 Å². The summed E-state index contributed by atoms with van der Waals surface area (Å²) < 4.78 is 7.84. The highest BCUT2D eigenvalue weighted by Gasteiger charge is 2.23. The van der Waals surface area contributed by atoms with Crippen molar-refractivity contribution in [1.82, 2.24) is 29.7 Å². The number of nitrogens with one attached hydrogen (secondary N) is 2. The molecule has 178 valence electrons. The summed E-state index contributed by atoms with van der Waals surface area (Å²) >= 11 is 0. The van der Waals surface area contributed by atoms with Gasteiger partial charge >= 0.3 is 0 Å². The molecule has 1 fully saturated rings. The quantitative estimate of drug-likeness (QED) is 0.559. The van der Waals surface area contributed by atoms with Crippen LogP contribution in [0.3, 0.4) is 0 Å². The van der Waals surface area contributed by atoms with E-state index in [1.165, 1.54) is 0 Å². The van der Waals surface area contributed by atoms with Gasteiger partial charge in [0, 0.05) is 50.9 Å². The number of carbonyl (C=O) groups excluding carboxylic acids is 1. The molecule has 0 saturated carbocycles. The van der Waals surface area contributed by atoms with Gasteiger partial charge in [0.15, 0.2) is 5.88 Å². The number of nitrogens with zero attached hydrogens (tertiary/aromatic N) is 6. The number of carbonyl (C=O) groups is 1. The van der Waals surface area contributed by atoms with Crippen molar-refractivity contribution in [3.05, 3.63) is 48.7 Å². The van der Waals surface area contributed by atoms with Crippen molar-refractivity contribution >= 4 is 34.4 Å². The van der Waals surface area contributed by atoms with Crippen LogP contribution in [0.25, 0.3) is 11.0 Å². The van der Waals surface area contributed by atoms with Gasteiger partial charge in [-0.2, -0.15) is 4.98 Å². The summed E-state index contributed by atoms with van der Waals surface area (Å²) in [6.07, 6.45) is 3.59. The Hall–Kier alpha value is -3.82. The van der Waals surface area contributed by atoms with Crippen LogP contribution in [-0.4, -0.2) is 68.7 Å².